The van der Waals surface area contributed by atoms with Crippen molar-refractivity contribution in [3.63, 3.8) is 0 Å². The van der Waals surface area contributed by atoms with E-state index in [9.17, 15) is 8.78 Å². The Morgan fingerprint density at radius 1 is 1.05 bits per heavy atom. The van der Waals surface area contributed by atoms with E-state index in [2.05, 4.69) is 5.32 Å². The molecule has 0 aromatic heterocycles. The maximum Gasteiger partial charge on any atom is 0.159 e. The summed E-state index contributed by atoms with van der Waals surface area (Å²) >= 11 is 0. The lowest BCUT2D eigenvalue weighted by Gasteiger charge is -2.20. The summed E-state index contributed by atoms with van der Waals surface area (Å²) in [6, 6.07) is 9.45. The lowest BCUT2D eigenvalue weighted by Crippen LogP contribution is -2.19. The second kappa shape index (κ2) is 6.01. The van der Waals surface area contributed by atoms with Crippen molar-refractivity contribution in [1.29, 1.82) is 0 Å². The average Bonchev–Trinajstić information content (AvgIpc) is 2.45. The highest BCUT2D eigenvalue weighted by Crippen LogP contribution is 2.28. The Morgan fingerprint density at radius 2 is 1.80 bits per heavy atom. The van der Waals surface area contributed by atoms with E-state index in [1.54, 1.807) is 20.2 Å². The van der Waals surface area contributed by atoms with Crippen LogP contribution in [0.15, 0.2) is 36.4 Å². The molecule has 4 heteroatoms. The first-order valence-corrected chi connectivity index (χ1v) is 6.33. The van der Waals surface area contributed by atoms with Crippen molar-refractivity contribution >= 4 is 0 Å². The summed E-state index contributed by atoms with van der Waals surface area (Å²) in [5, 5.41) is 3.13. The molecule has 0 bridgehead atoms. The maximum absolute atomic E-state index is 13.4. The Labute approximate surface area is 117 Å². The predicted molar refractivity (Wildman–Crippen MR) is 75.0 cm³/mol. The molecule has 0 saturated carbocycles. The summed E-state index contributed by atoms with van der Waals surface area (Å²) in [6.45, 7) is 1.96. The standard InChI is InChI=1S/C16H17F2NO/c1-10-8-12(20-3)5-6-13(10)16(19-2)11-4-7-14(17)15(18)9-11/h4-9,16,19H,1-3H3. The Kier molecular flexibility index (Phi) is 4.35. The molecule has 0 aliphatic rings. The van der Waals surface area contributed by atoms with Gasteiger partial charge < -0.3 is 10.1 Å². The molecule has 0 spiro atoms. The molecule has 0 heterocycles. The Morgan fingerprint density at radius 3 is 2.35 bits per heavy atom. The minimum absolute atomic E-state index is 0.198. The fourth-order valence-electron chi connectivity index (χ4n) is 2.29. The van der Waals surface area contributed by atoms with Gasteiger partial charge in [0, 0.05) is 0 Å². The van der Waals surface area contributed by atoms with Gasteiger partial charge in [-0.15, -0.1) is 0 Å². The van der Waals surface area contributed by atoms with E-state index in [-0.39, 0.29) is 6.04 Å². The fourth-order valence-corrected chi connectivity index (χ4v) is 2.29. The number of methoxy groups -OCH3 is 1. The summed E-state index contributed by atoms with van der Waals surface area (Å²) in [7, 11) is 3.40. The molecule has 0 aliphatic heterocycles. The normalized spacial score (nSPS) is 12.2. The molecule has 2 rings (SSSR count). The number of ether oxygens (including phenoxy) is 1. The van der Waals surface area contributed by atoms with Gasteiger partial charge in [0.2, 0.25) is 0 Å². The van der Waals surface area contributed by atoms with Crippen molar-refractivity contribution < 1.29 is 13.5 Å². The van der Waals surface area contributed by atoms with Crippen LogP contribution >= 0.6 is 0 Å². The first-order valence-electron chi connectivity index (χ1n) is 6.33. The quantitative estimate of drug-likeness (QED) is 0.922. The van der Waals surface area contributed by atoms with Crippen LogP contribution < -0.4 is 10.1 Å². The van der Waals surface area contributed by atoms with Crippen LogP contribution in [0.2, 0.25) is 0 Å². The highest BCUT2D eigenvalue weighted by molar-refractivity contribution is 5.41. The average molecular weight is 277 g/mol. The Bertz CT molecular complexity index is 613. The van der Waals surface area contributed by atoms with Crippen LogP contribution in [0.1, 0.15) is 22.7 Å². The first kappa shape index (κ1) is 14.5. The topological polar surface area (TPSA) is 21.3 Å². The fraction of sp³-hybridized carbons (Fsp3) is 0.250. The van der Waals surface area contributed by atoms with E-state index in [4.69, 9.17) is 4.74 Å². The monoisotopic (exact) mass is 277 g/mol. The largest absolute Gasteiger partial charge is 0.497 e. The zero-order chi connectivity index (χ0) is 14.7. The van der Waals surface area contributed by atoms with Gasteiger partial charge in [-0.25, -0.2) is 8.78 Å². The number of aryl methyl sites for hydroxylation is 1. The smallest absolute Gasteiger partial charge is 0.159 e. The molecule has 2 aromatic rings. The van der Waals surface area contributed by atoms with E-state index in [0.29, 0.717) is 5.56 Å². The zero-order valence-corrected chi connectivity index (χ0v) is 11.7. The molecule has 0 radical (unpaired) electrons. The molecule has 0 amide bonds. The van der Waals surface area contributed by atoms with Gasteiger partial charge in [0.1, 0.15) is 5.75 Å². The van der Waals surface area contributed by atoms with Gasteiger partial charge in [-0.2, -0.15) is 0 Å². The van der Waals surface area contributed by atoms with Crippen LogP contribution in [0.4, 0.5) is 8.78 Å². The summed E-state index contributed by atoms with van der Waals surface area (Å²) in [6.07, 6.45) is 0. The van der Waals surface area contributed by atoms with E-state index in [1.807, 2.05) is 25.1 Å². The molecule has 1 N–H and O–H groups in total. The highest BCUT2D eigenvalue weighted by atomic mass is 19.2. The van der Waals surface area contributed by atoms with Crippen molar-refractivity contribution in [3.8, 4) is 5.75 Å². The zero-order valence-electron chi connectivity index (χ0n) is 11.7. The molecule has 20 heavy (non-hydrogen) atoms. The van der Waals surface area contributed by atoms with Crippen molar-refractivity contribution in [2.75, 3.05) is 14.2 Å². The van der Waals surface area contributed by atoms with Crippen LogP contribution in [0.3, 0.4) is 0 Å². The van der Waals surface area contributed by atoms with E-state index >= 15 is 0 Å². The lowest BCUT2D eigenvalue weighted by molar-refractivity contribution is 0.414. The van der Waals surface area contributed by atoms with E-state index in [1.165, 1.54) is 6.07 Å². The van der Waals surface area contributed by atoms with Crippen LogP contribution in [0.5, 0.6) is 5.75 Å². The third-order valence-electron chi connectivity index (χ3n) is 3.35. The van der Waals surface area contributed by atoms with Crippen molar-refractivity contribution in [3.05, 3.63) is 64.7 Å². The lowest BCUT2D eigenvalue weighted by atomic mass is 9.95. The second-order valence-corrected chi connectivity index (χ2v) is 4.62. The number of halogens is 2. The third kappa shape index (κ3) is 2.80. The van der Waals surface area contributed by atoms with Crippen molar-refractivity contribution in [2.45, 2.75) is 13.0 Å². The highest BCUT2D eigenvalue weighted by Gasteiger charge is 2.16. The van der Waals surface area contributed by atoms with Crippen LogP contribution in [-0.2, 0) is 0 Å². The van der Waals surface area contributed by atoms with Crippen molar-refractivity contribution in [1.82, 2.24) is 5.32 Å². The Balaban J connectivity index is 2.43. The van der Waals surface area contributed by atoms with Gasteiger partial charge in [0.15, 0.2) is 11.6 Å². The van der Waals surface area contributed by atoms with Crippen LogP contribution in [-0.4, -0.2) is 14.2 Å². The number of benzene rings is 2. The molecule has 1 unspecified atom stereocenters. The van der Waals surface area contributed by atoms with Crippen LogP contribution in [0, 0.1) is 18.6 Å². The summed E-state index contributed by atoms with van der Waals surface area (Å²) in [4.78, 5) is 0. The van der Waals surface area contributed by atoms with Gasteiger partial charge >= 0.3 is 0 Å². The molecule has 1 atom stereocenters. The van der Waals surface area contributed by atoms with Crippen LogP contribution in [0.25, 0.3) is 0 Å². The van der Waals surface area contributed by atoms with Crippen molar-refractivity contribution in [2.24, 2.45) is 0 Å². The number of hydrogen-bond acceptors (Lipinski definition) is 2. The first-order chi connectivity index (χ1) is 9.56. The molecule has 106 valence electrons. The SMILES string of the molecule is CNC(c1ccc(F)c(F)c1)c1ccc(OC)cc1C. The number of nitrogens with one attached hydrogen (secondary N) is 1. The molecule has 2 nitrogen and oxygen atoms in total. The number of hydrogen-bond donors (Lipinski definition) is 1. The second-order valence-electron chi connectivity index (χ2n) is 4.62. The summed E-state index contributed by atoms with van der Waals surface area (Å²) in [5.41, 5.74) is 2.70. The maximum atomic E-state index is 13.4. The molecular formula is C16H17F2NO. The van der Waals surface area contributed by atoms with E-state index in [0.717, 1.165) is 22.9 Å². The molecule has 2 aromatic carbocycles. The van der Waals surface area contributed by atoms with Gasteiger partial charge in [-0.05, 0) is 54.9 Å². The number of rotatable bonds is 4. The van der Waals surface area contributed by atoms with E-state index < -0.39 is 11.6 Å². The minimum atomic E-state index is -0.839. The molecule has 0 fully saturated rings. The van der Waals surface area contributed by atoms with Gasteiger partial charge in [0.05, 0.1) is 13.2 Å². The van der Waals surface area contributed by atoms with Gasteiger partial charge in [0.25, 0.3) is 0 Å². The Hall–Kier alpha value is -1.94. The summed E-state index contributed by atoms with van der Waals surface area (Å²) < 4.78 is 31.6. The third-order valence-corrected chi connectivity index (χ3v) is 3.35. The summed E-state index contributed by atoms with van der Waals surface area (Å²) in [5.74, 6) is -0.907. The molecule has 0 aliphatic carbocycles. The molecule has 0 saturated heterocycles. The molecular weight excluding hydrogens is 260 g/mol. The van der Waals surface area contributed by atoms with Gasteiger partial charge in [-0.1, -0.05) is 12.1 Å². The van der Waals surface area contributed by atoms with Gasteiger partial charge in [-0.3, -0.25) is 0 Å². The minimum Gasteiger partial charge on any atom is -0.497 e. The predicted octanol–water partition coefficient (Wildman–Crippen LogP) is 3.59.